The van der Waals surface area contributed by atoms with Crippen LogP contribution in [0.3, 0.4) is 0 Å². The second kappa shape index (κ2) is 9.06. The average molecular weight is 443 g/mol. The molecule has 1 atom stereocenters. The Morgan fingerprint density at radius 3 is 2.81 bits per heavy atom. The van der Waals surface area contributed by atoms with Gasteiger partial charge in [0.05, 0.1) is 16.2 Å². The zero-order valence-electron chi connectivity index (χ0n) is 18.2. The van der Waals surface area contributed by atoms with Crippen molar-refractivity contribution in [2.24, 2.45) is 5.10 Å². The number of hydrogen-bond donors (Lipinski definition) is 1. The molecule has 1 heterocycles. The third kappa shape index (κ3) is 4.88. The number of nitro groups is 1. The highest BCUT2D eigenvalue weighted by atomic mass is 35.5. The third-order valence-electron chi connectivity index (χ3n) is 5.64. The largest absolute Gasteiger partial charge is 0.366 e. The number of nitrogens with one attached hydrogen (secondary N) is 1. The number of rotatable bonds is 6. The highest BCUT2D eigenvalue weighted by Gasteiger charge is 2.36. The molecule has 3 rings (SSSR count). The molecule has 1 aliphatic heterocycles. The van der Waals surface area contributed by atoms with Crippen molar-refractivity contribution in [3.05, 3.63) is 68.2 Å². The van der Waals surface area contributed by atoms with Crippen LogP contribution in [0.1, 0.15) is 67.9 Å². The van der Waals surface area contributed by atoms with E-state index in [1.54, 1.807) is 0 Å². The maximum atomic E-state index is 12.3. The van der Waals surface area contributed by atoms with Crippen LogP contribution in [0.4, 0.5) is 11.4 Å². The van der Waals surface area contributed by atoms with Gasteiger partial charge in [-0.15, -0.1) is 0 Å². The smallest absolute Gasteiger partial charge is 0.271 e. The molecule has 0 bridgehead atoms. The van der Waals surface area contributed by atoms with Crippen molar-refractivity contribution in [1.82, 2.24) is 5.43 Å². The number of non-ortho nitro benzene ring substituents is 1. The Labute approximate surface area is 187 Å². The number of benzene rings is 2. The molecular formula is C23H27ClN4O3. The first kappa shape index (κ1) is 22.7. The lowest BCUT2D eigenvalue weighted by Crippen LogP contribution is -2.48. The molecule has 0 saturated heterocycles. The van der Waals surface area contributed by atoms with Crippen LogP contribution >= 0.6 is 11.6 Å². The Bertz CT molecular complexity index is 1040. The molecule has 1 aliphatic rings. The van der Waals surface area contributed by atoms with Crippen LogP contribution in [0.2, 0.25) is 5.02 Å². The molecule has 0 radical (unpaired) electrons. The Hall–Kier alpha value is -2.93. The van der Waals surface area contributed by atoms with Crippen molar-refractivity contribution >= 4 is 35.1 Å². The lowest BCUT2D eigenvalue weighted by molar-refractivity contribution is -0.384. The number of carbonyl (C=O) groups is 1. The number of nitrogens with zero attached hydrogens (tertiary/aromatic N) is 3. The van der Waals surface area contributed by atoms with Crippen molar-refractivity contribution in [2.75, 3.05) is 11.4 Å². The highest BCUT2D eigenvalue weighted by molar-refractivity contribution is 6.33. The predicted molar refractivity (Wildman–Crippen MR) is 124 cm³/mol. The summed E-state index contributed by atoms with van der Waals surface area (Å²) in [7, 11) is 0. The number of hydrogen-bond acceptors (Lipinski definition) is 5. The van der Waals surface area contributed by atoms with Gasteiger partial charge in [0.2, 0.25) is 0 Å². The summed E-state index contributed by atoms with van der Waals surface area (Å²) in [5, 5.41) is 15.5. The lowest BCUT2D eigenvalue weighted by Gasteiger charge is -2.47. The van der Waals surface area contributed by atoms with Gasteiger partial charge in [-0.05, 0) is 56.4 Å². The fraction of sp³-hybridized carbons (Fsp3) is 0.391. The maximum Gasteiger partial charge on any atom is 0.271 e. The van der Waals surface area contributed by atoms with Gasteiger partial charge in [-0.3, -0.25) is 14.9 Å². The van der Waals surface area contributed by atoms with E-state index in [0.717, 1.165) is 25.1 Å². The summed E-state index contributed by atoms with van der Waals surface area (Å²) in [6.07, 6.45) is 3.58. The maximum absolute atomic E-state index is 12.3. The van der Waals surface area contributed by atoms with Crippen LogP contribution < -0.4 is 10.3 Å². The van der Waals surface area contributed by atoms with E-state index < -0.39 is 10.8 Å². The number of halogens is 1. The zero-order valence-corrected chi connectivity index (χ0v) is 18.9. The van der Waals surface area contributed by atoms with E-state index in [-0.39, 0.29) is 16.8 Å². The average Bonchev–Trinajstić information content (AvgIpc) is 2.71. The number of amides is 1. The SMILES string of the molecule is CCCN1c2cc(Cl)c(/C=N\NC(=O)c3cccc([N+](=O)[O-])c3)cc2C(C)CC1(C)C. The normalized spacial score (nSPS) is 17.5. The van der Waals surface area contributed by atoms with Gasteiger partial charge in [-0.1, -0.05) is 31.5 Å². The first-order valence-corrected chi connectivity index (χ1v) is 10.7. The summed E-state index contributed by atoms with van der Waals surface area (Å²) in [6.45, 7) is 9.85. The molecule has 7 nitrogen and oxygen atoms in total. The predicted octanol–water partition coefficient (Wildman–Crippen LogP) is 5.51. The minimum atomic E-state index is -0.544. The molecule has 0 aliphatic carbocycles. The van der Waals surface area contributed by atoms with Gasteiger partial charge in [0.25, 0.3) is 11.6 Å². The fourth-order valence-electron chi connectivity index (χ4n) is 4.25. The Morgan fingerprint density at radius 1 is 1.39 bits per heavy atom. The van der Waals surface area contributed by atoms with Gasteiger partial charge in [0.15, 0.2) is 0 Å². The minimum Gasteiger partial charge on any atom is -0.366 e. The first-order valence-electron chi connectivity index (χ1n) is 10.3. The molecule has 1 N–H and O–H groups in total. The van der Waals surface area contributed by atoms with E-state index in [4.69, 9.17) is 11.6 Å². The van der Waals surface area contributed by atoms with E-state index in [2.05, 4.69) is 43.1 Å². The molecule has 164 valence electrons. The molecule has 8 heteroatoms. The Kier molecular flexibility index (Phi) is 6.65. The van der Waals surface area contributed by atoms with Crippen molar-refractivity contribution in [3.8, 4) is 0 Å². The lowest BCUT2D eigenvalue weighted by atomic mass is 9.79. The number of anilines is 1. The van der Waals surface area contributed by atoms with Gasteiger partial charge in [0.1, 0.15) is 0 Å². The third-order valence-corrected chi connectivity index (χ3v) is 5.97. The first-order chi connectivity index (χ1) is 14.6. The molecule has 0 spiro atoms. The number of nitro benzene ring substituents is 1. The molecule has 1 amide bonds. The number of hydrazone groups is 1. The summed E-state index contributed by atoms with van der Waals surface area (Å²) in [6, 6.07) is 9.51. The molecular weight excluding hydrogens is 416 g/mol. The second-order valence-corrected chi connectivity index (χ2v) is 8.92. The van der Waals surface area contributed by atoms with E-state index in [9.17, 15) is 14.9 Å². The van der Waals surface area contributed by atoms with Crippen LogP contribution in [0.5, 0.6) is 0 Å². The van der Waals surface area contributed by atoms with Gasteiger partial charge in [-0.25, -0.2) is 5.43 Å². The van der Waals surface area contributed by atoms with Crippen LogP contribution in [0.15, 0.2) is 41.5 Å². The van der Waals surface area contributed by atoms with Crippen LogP contribution in [-0.2, 0) is 0 Å². The zero-order chi connectivity index (χ0) is 22.8. The summed E-state index contributed by atoms with van der Waals surface area (Å²) in [4.78, 5) is 25.0. The van der Waals surface area contributed by atoms with Crippen LogP contribution in [0.25, 0.3) is 0 Å². The number of carbonyl (C=O) groups excluding carboxylic acids is 1. The number of fused-ring (bicyclic) bond motifs is 1. The van der Waals surface area contributed by atoms with Crippen molar-refractivity contribution in [3.63, 3.8) is 0 Å². The Balaban J connectivity index is 1.82. The van der Waals surface area contributed by atoms with Crippen molar-refractivity contribution < 1.29 is 9.72 Å². The second-order valence-electron chi connectivity index (χ2n) is 8.51. The molecule has 0 saturated carbocycles. The molecule has 0 aromatic heterocycles. The molecule has 2 aromatic carbocycles. The summed E-state index contributed by atoms with van der Waals surface area (Å²) < 4.78 is 0. The standard InChI is InChI=1S/C23H27ClN4O3/c1-5-9-27-21-12-20(24)17(11-19(21)15(2)13-23(27,3)4)14-25-26-22(29)16-7-6-8-18(10-16)28(30)31/h6-8,10-12,14-15H,5,9,13H2,1-4H3,(H,26,29)/b25-14-. The van der Waals surface area contributed by atoms with Gasteiger partial charge in [-0.2, -0.15) is 5.10 Å². The fourth-order valence-corrected chi connectivity index (χ4v) is 4.46. The van der Waals surface area contributed by atoms with E-state index in [1.807, 2.05) is 12.1 Å². The van der Waals surface area contributed by atoms with Crippen molar-refractivity contribution in [2.45, 2.75) is 52.0 Å². The Morgan fingerprint density at radius 2 is 2.13 bits per heavy atom. The monoisotopic (exact) mass is 442 g/mol. The highest BCUT2D eigenvalue weighted by Crippen LogP contribution is 2.45. The minimum absolute atomic E-state index is 0.0492. The van der Waals surface area contributed by atoms with E-state index in [0.29, 0.717) is 16.5 Å². The molecule has 2 aromatic rings. The van der Waals surface area contributed by atoms with E-state index in [1.165, 1.54) is 36.0 Å². The van der Waals surface area contributed by atoms with Crippen LogP contribution in [0, 0.1) is 10.1 Å². The summed E-state index contributed by atoms with van der Waals surface area (Å²) in [5.41, 5.74) is 5.54. The van der Waals surface area contributed by atoms with Crippen molar-refractivity contribution in [1.29, 1.82) is 0 Å². The molecule has 1 unspecified atom stereocenters. The van der Waals surface area contributed by atoms with Gasteiger partial charge in [0, 0.05) is 41.0 Å². The van der Waals surface area contributed by atoms with Gasteiger partial charge < -0.3 is 4.90 Å². The summed E-state index contributed by atoms with van der Waals surface area (Å²) >= 11 is 6.55. The van der Waals surface area contributed by atoms with E-state index >= 15 is 0 Å². The molecule has 31 heavy (non-hydrogen) atoms. The summed E-state index contributed by atoms with van der Waals surface area (Å²) in [5.74, 6) is -0.166. The van der Waals surface area contributed by atoms with Crippen LogP contribution in [-0.4, -0.2) is 29.1 Å². The topological polar surface area (TPSA) is 87.8 Å². The van der Waals surface area contributed by atoms with Gasteiger partial charge >= 0.3 is 0 Å². The molecule has 0 fully saturated rings. The quantitative estimate of drug-likeness (QED) is 0.362.